The molecule has 0 radical (unpaired) electrons. The van der Waals surface area contributed by atoms with Crippen molar-refractivity contribution in [1.29, 1.82) is 0 Å². The number of fused-ring (bicyclic) bond motifs is 1. The number of ether oxygens (including phenoxy) is 3. The molecule has 2 aliphatic heterocycles. The zero-order chi connectivity index (χ0) is 28.6. The normalized spacial score (nSPS) is 20.1. The molecule has 0 bridgehead atoms. The zero-order valence-corrected chi connectivity index (χ0v) is 23.0. The molecule has 2 aromatic rings. The Balaban J connectivity index is 1.72. The van der Waals surface area contributed by atoms with Crippen LogP contribution < -0.4 is 15.5 Å². The average Bonchev–Trinajstić information content (AvgIpc) is 3.09. The van der Waals surface area contributed by atoms with Crippen molar-refractivity contribution in [3.8, 4) is 5.75 Å². The SMILES string of the molecule is CCOC(=O)Oc1c(C(=O)N2CCOC[C@H]2N[C@H]2C(/C=C\C(C)F)=C(CF)CSc3ccccc32)[nH]ccc1=O. The van der Waals surface area contributed by atoms with Gasteiger partial charge in [0, 0.05) is 29.5 Å². The van der Waals surface area contributed by atoms with Gasteiger partial charge in [-0.25, -0.2) is 13.6 Å². The van der Waals surface area contributed by atoms with Crippen LogP contribution in [0.2, 0.25) is 0 Å². The third-order valence-electron chi connectivity index (χ3n) is 6.38. The lowest BCUT2D eigenvalue weighted by Crippen LogP contribution is -2.57. The first-order valence-electron chi connectivity index (χ1n) is 12.9. The van der Waals surface area contributed by atoms with E-state index >= 15 is 0 Å². The van der Waals surface area contributed by atoms with Crippen LogP contribution >= 0.6 is 11.8 Å². The molecule has 0 saturated carbocycles. The Hall–Kier alpha value is -3.48. The first kappa shape index (κ1) is 29.5. The summed E-state index contributed by atoms with van der Waals surface area (Å²) in [4.78, 5) is 43.4. The van der Waals surface area contributed by atoms with Crippen LogP contribution in [0.1, 0.15) is 35.9 Å². The first-order chi connectivity index (χ1) is 19.3. The third kappa shape index (κ3) is 6.80. The number of hydrogen-bond acceptors (Lipinski definition) is 8. The number of aromatic amines is 1. The highest BCUT2D eigenvalue weighted by Crippen LogP contribution is 2.39. The second-order valence-electron chi connectivity index (χ2n) is 9.08. The summed E-state index contributed by atoms with van der Waals surface area (Å²) in [5.74, 6) is -0.707. The minimum absolute atomic E-state index is 0.0236. The highest BCUT2D eigenvalue weighted by molar-refractivity contribution is 7.99. The number of morpholine rings is 1. The number of halogens is 2. The number of pyridine rings is 1. The molecule has 0 spiro atoms. The van der Waals surface area contributed by atoms with Crippen LogP contribution in [-0.4, -0.2) is 73.1 Å². The number of H-pyrrole nitrogens is 1. The standard InChI is InChI=1S/C28H31F2N3O6S/c1-3-38-28(36)39-26-21(34)10-11-31-25(26)27(35)33-12-13-37-15-23(33)32-24-19(9-8-17(2)30)18(14-29)16-40-22-7-5-4-6-20(22)24/h4-11,17,23-24,32H,3,12-16H2,1-2H3,(H,31,34)/b9-8-/t17?,23-,24-/m0/s1. The Morgan fingerprint density at radius 3 is 2.88 bits per heavy atom. The lowest BCUT2D eigenvalue weighted by molar-refractivity contribution is -0.0152. The fraction of sp³-hybridized carbons (Fsp3) is 0.393. The van der Waals surface area contributed by atoms with Crippen molar-refractivity contribution in [2.75, 3.05) is 38.8 Å². The van der Waals surface area contributed by atoms with Crippen LogP contribution in [0.25, 0.3) is 0 Å². The number of alkyl halides is 2. The van der Waals surface area contributed by atoms with E-state index in [9.17, 15) is 23.2 Å². The van der Waals surface area contributed by atoms with E-state index in [4.69, 9.17) is 14.2 Å². The van der Waals surface area contributed by atoms with E-state index in [1.807, 2.05) is 24.3 Å². The maximum atomic E-state index is 14.3. The fourth-order valence-corrected chi connectivity index (χ4v) is 5.59. The number of carbonyl (C=O) groups is 2. The number of hydrogen-bond donors (Lipinski definition) is 2. The average molecular weight is 576 g/mol. The molecular formula is C28H31F2N3O6S. The molecule has 12 heteroatoms. The molecule has 1 saturated heterocycles. The molecule has 1 fully saturated rings. The monoisotopic (exact) mass is 575 g/mol. The molecule has 4 rings (SSSR count). The summed E-state index contributed by atoms with van der Waals surface area (Å²) in [5, 5.41) is 3.43. The van der Waals surface area contributed by atoms with Gasteiger partial charge in [-0.3, -0.25) is 14.9 Å². The number of carbonyl (C=O) groups excluding carboxylic acids is 2. The predicted molar refractivity (Wildman–Crippen MR) is 146 cm³/mol. The molecule has 2 aliphatic rings. The van der Waals surface area contributed by atoms with Gasteiger partial charge >= 0.3 is 6.16 Å². The number of amides is 1. The van der Waals surface area contributed by atoms with Crippen molar-refractivity contribution in [3.63, 3.8) is 0 Å². The second kappa shape index (κ2) is 13.7. The van der Waals surface area contributed by atoms with Crippen molar-refractivity contribution in [3.05, 3.63) is 81.3 Å². The molecule has 1 amide bonds. The lowest BCUT2D eigenvalue weighted by Gasteiger charge is -2.39. The van der Waals surface area contributed by atoms with E-state index in [1.165, 1.54) is 35.9 Å². The Morgan fingerprint density at radius 1 is 1.32 bits per heavy atom. The molecule has 214 valence electrons. The molecule has 9 nitrogen and oxygen atoms in total. The van der Waals surface area contributed by atoms with E-state index in [2.05, 4.69) is 10.3 Å². The molecule has 0 aliphatic carbocycles. The lowest BCUT2D eigenvalue weighted by atomic mass is 9.94. The van der Waals surface area contributed by atoms with Gasteiger partial charge in [0.1, 0.15) is 19.0 Å². The van der Waals surface area contributed by atoms with Crippen LogP contribution in [0.4, 0.5) is 13.6 Å². The van der Waals surface area contributed by atoms with Crippen molar-refractivity contribution >= 4 is 23.8 Å². The summed E-state index contributed by atoms with van der Waals surface area (Å²) >= 11 is 1.49. The molecular weight excluding hydrogens is 544 g/mol. The minimum atomic E-state index is -1.25. The Kier molecular flexibility index (Phi) is 10.1. The van der Waals surface area contributed by atoms with Gasteiger partial charge in [0.05, 0.1) is 25.9 Å². The summed E-state index contributed by atoms with van der Waals surface area (Å²) in [7, 11) is 0. The number of benzene rings is 1. The van der Waals surface area contributed by atoms with Crippen LogP contribution in [0, 0.1) is 0 Å². The van der Waals surface area contributed by atoms with Gasteiger partial charge in [0.15, 0.2) is 5.69 Å². The van der Waals surface area contributed by atoms with Crippen molar-refractivity contribution in [1.82, 2.24) is 15.2 Å². The number of rotatable bonds is 8. The molecule has 1 aromatic heterocycles. The summed E-state index contributed by atoms with van der Waals surface area (Å²) < 4.78 is 43.7. The van der Waals surface area contributed by atoms with E-state index in [0.717, 1.165) is 16.5 Å². The van der Waals surface area contributed by atoms with E-state index in [0.29, 0.717) is 16.9 Å². The minimum Gasteiger partial charge on any atom is -0.434 e. The number of allylic oxidation sites excluding steroid dienone is 1. The highest BCUT2D eigenvalue weighted by atomic mass is 32.2. The molecule has 40 heavy (non-hydrogen) atoms. The van der Waals surface area contributed by atoms with Gasteiger partial charge in [0.2, 0.25) is 11.2 Å². The molecule has 2 N–H and O–H groups in total. The first-order valence-corrected chi connectivity index (χ1v) is 13.9. The third-order valence-corrected chi connectivity index (χ3v) is 7.55. The number of nitrogens with one attached hydrogen (secondary N) is 2. The molecule has 1 unspecified atom stereocenters. The fourth-order valence-electron chi connectivity index (χ4n) is 4.49. The van der Waals surface area contributed by atoms with Crippen molar-refractivity contribution in [2.24, 2.45) is 0 Å². The smallest absolute Gasteiger partial charge is 0.434 e. The Labute approximate surface area is 234 Å². The Bertz CT molecular complexity index is 1350. The summed E-state index contributed by atoms with van der Waals surface area (Å²) in [6.07, 6.45) is 1.16. The van der Waals surface area contributed by atoms with Gasteiger partial charge in [-0.15, -0.1) is 11.8 Å². The van der Waals surface area contributed by atoms with Crippen LogP contribution in [-0.2, 0) is 9.47 Å². The van der Waals surface area contributed by atoms with Gasteiger partial charge in [-0.05, 0) is 36.6 Å². The van der Waals surface area contributed by atoms with E-state index in [-0.39, 0.29) is 32.1 Å². The van der Waals surface area contributed by atoms with Gasteiger partial charge < -0.3 is 24.1 Å². The van der Waals surface area contributed by atoms with Gasteiger partial charge in [0.25, 0.3) is 5.91 Å². The summed E-state index contributed by atoms with van der Waals surface area (Å²) in [5.41, 5.74) is 1.02. The molecule has 3 atom stereocenters. The number of nitrogens with zero attached hydrogens (tertiary/aromatic N) is 1. The van der Waals surface area contributed by atoms with Crippen molar-refractivity contribution < 1.29 is 32.6 Å². The number of aromatic nitrogens is 1. The van der Waals surface area contributed by atoms with Crippen LogP contribution in [0.15, 0.2) is 69.5 Å². The maximum Gasteiger partial charge on any atom is 0.514 e. The summed E-state index contributed by atoms with van der Waals surface area (Å²) in [6, 6.07) is 8.13. The summed E-state index contributed by atoms with van der Waals surface area (Å²) in [6.45, 7) is 2.74. The predicted octanol–water partition coefficient (Wildman–Crippen LogP) is 4.33. The second-order valence-corrected chi connectivity index (χ2v) is 10.1. The van der Waals surface area contributed by atoms with Crippen LogP contribution in [0.5, 0.6) is 5.75 Å². The van der Waals surface area contributed by atoms with Gasteiger partial charge in [-0.2, -0.15) is 0 Å². The molecule has 1 aromatic carbocycles. The topological polar surface area (TPSA) is 110 Å². The quantitative estimate of drug-likeness (QED) is 0.448. The zero-order valence-electron chi connectivity index (χ0n) is 22.2. The largest absolute Gasteiger partial charge is 0.514 e. The van der Waals surface area contributed by atoms with E-state index in [1.54, 1.807) is 13.0 Å². The maximum absolute atomic E-state index is 14.3. The highest BCUT2D eigenvalue weighted by Gasteiger charge is 2.35. The van der Waals surface area contributed by atoms with Gasteiger partial charge in [-0.1, -0.05) is 30.4 Å². The number of thioether (sulfide) groups is 1. The molecule has 3 heterocycles. The Morgan fingerprint density at radius 2 is 2.12 bits per heavy atom. The van der Waals surface area contributed by atoms with Crippen molar-refractivity contribution in [2.45, 2.75) is 37.1 Å². The van der Waals surface area contributed by atoms with E-state index < -0.39 is 48.3 Å². The van der Waals surface area contributed by atoms with Crippen LogP contribution in [0.3, 0.4) is 0 Å².